The quantitative estimate of drug-likeness (QED) is 0.143. The molecule has 1 aliphatic heterocycles. The molecule has 3 heterocycles. The molecule has 5 rings (SSSR count). The minimum Gasteiger partial charge on any atom is -0.481 e. The zero-order valence-corrected chi connectivity index (χ0v) is 24.1. The summed E-state index contributed by atoms with van der Waals surface area (Å²) < 4.78 is 19.9. The summed E-state index contributed by atoms with van der Waals surface area (Å²) in [5.74, 6) is -0.737. The van der Waals surface area contributed by atoms with Gasteiger partial charge in [0.15, 0.2) is 0 Å². The van der Waals surface area contributed by atoms with Crippen molar-refractivity contribution in [2.45, 2.75) is 19.8 Å². The number of carboxylic acids is 1. The van der Waals surface area contributed by atoms with Gasteiger partial charge in [-0.25, -0.2) is 9.18 Å². The third-order valence-electron chi connectivity index (χ3n) is 7.23. The van der Waals surface area contributed by atoms with Gasteiger partial charge in [0.2, 0.25) is 0 Å². The zero-order valence-electron chi connectivity index (χ0n) is 24.1. The van der Waals surface area contributed by atoms with Gasteiger partial charge in [0.05, 0.1) is 28.6 Å². The second kappa shape index (κ2) is 13.8. The number of ether oxygens (including phenoxy) is 1. The summed E-state index contributed by atoms with van der Waals surface area (Å²) in [4.78, 5) is 45.6. The average molecular weight is 601 g/mol. The van der Waals surface area contributed by atoms with Crippen LogP contribution in [0.5, 0.6) is 11.5 Å². The van der Waals surface area contributed by atoms with Gasteiger partial charge in [-0.1, -0.05) is 6.07 Å². The van der Waals surface area contributed by atoms with Crippen LogP contribution in [-0.4, -0.2) is 64.1 Å². The van der Waals surface area contributed by atoms with E-state index in [1.54, 1.807) is 67.0 Å². The third kappa shape index (κ3) is 7.98. The number of hydrogen-bond donors (Lipinski definition) is 5. The Morgan fingerprint density at radius 1 is 1.07 bits per heavy atom. The Labute approximate surface area is 253 Å². The number of nitrogens with one attached hydrogen (secondary N) is 4. The number of anilines is 2. The van der Waals surface area contributed by atoms with E-state index in [0.717, 1.165) is 25.1 Å². The summed E-state index contributed by atoms with van der Waals surface area (Å²) in [5.41, 5.74) is 3.12. The van der Waals surface area contributed by atoms with Gasteiger partial charge in [-0.05, 0) is 86.9 Å². The van der Waals surface area contributed by atoms with Crippen molar-refractivity contribution in [1.29, 1.82) is 0 Å². The molecular formula is C32H33FN6O5. The summed E-state index contributed by atoms with van der Waals surface area (Å²) >= 11 is 0. The number of H-pyrrole nitrogens is 1. The molecule has 44 heavy (non-hydrogen) atoms. The molecule has 0 bridgehead atoms. The van der Waals surface area contributed by atoms with Crippen molar-refractivity contribution >= 4 is 29.3 Å². The van der Waals surface area contributed by atoms with E-state index in [4.69, 9.17) is 9.84 Å². The Morgan fingerprint density at radius 3 is 2.66 bits per heavy atom. The van der Waals surface area contributed by atoms with Crippen LogP contribution in [0.2, 0.25) is 0 Å². The van der Waals surface area contributed by atoms with Crippen molar-refractivity contribution in [1.82, 2.24) is 20.2 Å². The second-order valence-electron chi connectivity index (χ2n) is 10.6. The molecular weight excluding hydrogens is 567 g/mol. The van der Waals surface area contributed by atoms with Crippen molar-refractivity contribution in [2.24, 2.45) is 5.92 Å². The molecule has 1 atom stereocenters. The second-order valence-corrected chi connectivity index (χ2v) is 10.6. The summed E-state index contributed by atoms with van der Waals surface area (Å²) in [6.45, 7) is 4.35. The fourth-order valence-electron chi connectivity index (χ4n) is 4.90. The maximum absolute atomic E-state index is 13.9. The number of rotatable bonds is 11. The number of nitrogens with zero attached hydrogens (tertiary/aromatic N) is 2. The molecule has 228 valence electrons. The molecule has 0 radical (unpaired) electrons. The van der Waals surface area contributed by atoms with E-state index in [1.165, 1.54) is 6.07 Å². The van der Waals surface area contributed by atoms with Crippen LogP contribution in [0.25, 0.3) is 11.4 Å². The number of amides is 3. The number of halogens is 1. The van der Waals surface area contributed by atoms with Crippen molar-refractivity contribution in [3.05, 3.63) is 90.0 Å². The van der Waals surface area contributed by atoms with Gasteiger partial charge in [-0.3, -0.25) is 14.6 Å². The van der Waals surface area contributed by atoms with Crippen LogP contribution in [0.3, 0.4) is 0 Å². The molecule has 1 unspecified atom stereocenters. The monoisotopic (exact) mass is 600 g/mol. The zero-order chi connectivity index (χ0) is 31.1. The number of hydrogen-bond acceptors (Lipinski definition) is 6. The van der Waals surface area contributed by atoms with E-state index in [2.05, 4.69) is 30.8 Å². The fourth-order valence-corrected chi connectivity index (χ4v) is 4.90. The van der Waals surface area contributed by atoms with Crippen LogP contribution >= 0.6 is 0 Å². The number of carbonyl (C=O) groups is 3. The molecule has 0 saturated carbocycles. The SMILES string of the molecule is Cc1ccc(F)c(NC(=O)Nc2ccc(Oc3ccnc(-c4cc(C(=O)NCCCN5CCC(C(=O)O)C5)c[nH]4)c3)cc2)c1. The lowest BCUT2D eigenvalue weighted by molar-refractivity contribution is -0.141. The van der Waals surface area contributed by atoms with Gasteiger partial charge in [0.25, 0.3) is 5.91 Å². The molecule has 4 aromatic rings. The first-order chi connectivity index (χ1) is 21.2. The van der Waals surface area contributed by atoms with Crippen molar-refractivity contribution in [3.8, 4) is 22.9 Å². The molecule has 3 amide bonds. The summed E-state index contributed by atoms with van der Waals surface area (Å²) in [6.07, 6.45) is 4.61. The van der Waals surface area contributed by atoms with Gasteiger partial charge < -0.3 is 35.7 Å². The minimum absolute atomic E-state index is 0.0947. The largest absolute Gasteiger partial charge is 0.481 e. The van der Waals surface area contributed by atoms with Crippen molar-refractivity contribution < 1.29 is 28.6 Å². The standard InChI is InChI=1S/C32H33FN6O5/c1-20-3-8-26(33)27(15-20)38-32(43)37-23-4-6-24(7-5-23)44-25-9-12-34-29(17-25)28-16-22(18-36-28)30(40)35-11-2-13-39-14-10-21(19-39)31(41)42/h3-9,12,15-18,21,36H,2,10-11,13-14,19H2,1H3,(H,35,40)(H,41,42)(H2,37,38,43). The molecule has 0 spiro atoms. The lowest BCUT2D eigenvalue weighted by Gasteiger charge is -2.14. The molecule has 1 saturated heterocycles. The lowest BCUT2D eigenvalue weighted by Crippen LogP contribution is -2.29. The molecule has 2 aromatic heterocycles. The number of likely N-dealkylation sites (tertiary alicyclic amines) is 1. The number of carboxylic acid groups (broad SMARTS) is 1. The highest BCUT2D eigenvalue weighted by Gasteiger charge is 2.27. The number of carbonyl (C=O) groups excluding carboxylic acids is 2. The van der Waals surface area contributed by atoms with Gasteiger partial charge in [-0.15, -0.1) is 0 Å². The first-order valence-electron chi connectivity index (χ1n) is 14.2. The molecule has 2 aromatic carbocycles. The van der Waals surface area contributed by atoms with Gasteiger partial charge in [0, 0.05) is 37.2 Å². The van der Waals surface area contributed by atoms with Gasteiger partial charge in [-0.2, -0.15) is 0 Å². The van der Waals surface area contributed by atoms with Crippen LogP contribution in [0, 0.1) is 18.7 Å². The Kier molecular flexibility index (Phi) is 9.50. The van der Waals surface area contributed by atoms with Crippen LogP contribution in [0.1, 0.15) is 28.8 Å². The fraction of sp³-hybridized carbons (Fsp3) is 0.250. The number of benzene rings is 2. The van der Waals surface area contributed by atoms with Crippen molar-refractivity contribution in [2.75, 3.05) is 36.8 Å². The number of aromatic nitrogens is 2. The minimum atomic E-state index is -0.750. The summed E-state index contributed by atoms with van der Waals surface area (Å²) in [7, 11) is 0. The maximum atomic E-state index is 13.9. The normalized spacial score (nSPS) is 14.6. The molecule has 5 N–H and O–H groups in total. The molecule has 1 aliphatic rings. The average Bonchev–Trinajstić information content (AvgIpc) is 3.69. The van der Waals surface area contributed by atoms with Gasteiger partial charge in [0.1, 0.15) is 17.3 Å². The van der Waals surface area contributed by atoms with E-state index >= 15 is 0 Å². The molecule has 11 nitrogen and oxygen atoms in total. The van der Waals surface area contributed by atoms with Crippen molar-refractivity contribution in [3.63, 3.8) is 0 Å². The van der Waals surface area contributed by atoms with E-state index in [0.29, 0.717) is 53.6 Å². The smallest absolute Gasteiger partial charge is 0.323 e. The Morgan fingerprint density at radius 2 is 1.89 bits per heavy atom. The van der Waals surface area contributed by atoms with Crippen LogP contribution in [0.4, 0.5) is 20.6 Å². The lowest BCUT2D eigenvalue weighted by atomic mass is 10.1. The number of aromatic amines is 1. The highest BCUT2D eigenvalue weighted by molar-refractivity contribution is 6.00. The summed E-state index contributed by atoms with van der Waals surface area (Å²) in [6, 6.07) is 15.8. The predicted octanol–water partition coefficient (Wildman–Crippen LogP) is 5.49. The van der Waals surface area contributed by atoms with Crippen LogP contribution < -0.4 is 20.7 Å². The van der Waals surface area contributed by atoms with Gasteiger partial charge >= 0.3 is 12.0 Å². The molecule has 1 fully saturated rings. The van der Waals surface area contributed by atoms with E-state index in [1.807, 2.05) is 6.92 Å². The molecule has 12 heteroatoms. The number of aliphatic carboxylic acids is 1. The number of urea groups is 1. The van der Waals surface area contributed by atoms with Crippen LogP contribution in [0.15, 0.2) is 73.1 Å². The van der Waals surface area contributed by atoms with E-state index < -0.39 is 17.8 Å². The third-order valence-corrected chi connectivity index (χ3v) is 7.23. The van der Waals surface area contributed by atoms with E-state index in [-0.39, 0.29) is 17.5 Å². The number of pyridine rings is 1. The highest BCUT2D eigenvalue weighted by atomic mass is 19.1. The Bertz CT molecular complexity index is 1640. The first kappa shape index (κ1) is 30.2. The van der Waals surface area contributed by atoms with E-state index in [9.17, 15) is 18.8 Å². The number of aryl methyl sites for hydroxylation is 1. The van der Waals surface area contributed by atoms with Crippen LogP contribution in [-0.2, 0) is 4.79 Å². The predicted molar refractivity (Wildman–Crippen MR) is 163 cm³/mol. The highest BCUT2D eigenvalue weighted by Crippen LogP contribution is 2.27. The Balaban J connectivity index is 1.10. The Hall–Kier alpha value is -5.23. The summed E-state index contributed by atoms with van der Waals surface area (Å²) in [5, 5.41) is 17.2. The topological polar surface area (TPSA) is 149 Å². The first-order valence-corrected chi connectivity index (χ1v) is 14.2. The maximum Gasteiger partial charge on any atom is 0.323 e. The molecule has 0 aliphatic carbocycles.